The third-order valence-corrected chi connectivity index (χ3v) is 9.72. The number of allylic oxidation sites excluding steroid dienone is 2. The highest BCUT2D eigenvalue weighted by atomic mass is 16.5. The van der Waals surface area contributed by atoms with Crippen LogP contribution in [0.15, 0.2) is 157 Å². The number of rotatable bonds is 17. The fourth-order valence-corrected chi connectivity index (χ4v) is 6.76. The molecule has 0 heterocycles. The molecule has 0 amide bonds. The summed E-state index contributed by atoms with van der Waals surface area (Å²) in [5.41, 5.74) is 8.29. The van der Waals surface area contributed by atoms with Gasteiger partial charge >= 0.3 is 0 Å². The number of carbonyl (C=O) groups is 2. The summed E-state index contributed by atoms with van der Waals surface area (Å²) in [6.07, 6.45) is 1.43. The molecule has 0 atom stereocenters. The van der Waals surface area contributed by atoms with Gasteiger partial charge in [-0.2, -0.15) is 0 Å². The number of anilines is 6. The van der Waals surface area contributed by atoms with Gasteiger partial charge in [0.15, 0.2) is 12.6 Å². The Bertz CT molecular complexity index is 2090. The van der Waals surface area contributed by atoms with Crippen LogP contribution in [0, 0.1) is 0 Å². The minimum Gasteiger partial charge on any atom is -0.497 e. The van der Waals surface area contributed by atoms with E-state index in [1.807, 2.05) is 146 Å². The summed E-state index contributed by atoms with van der Waals surface area (Å²) < 4.78 is 21.6. The van der Waals surface area contributed by atoms with E-state index in [9.17, 15) is 9.59 Å². The monoisotopic (exact) mass is 774 g/mol. The van der Waals surface area contributed by atoms with E-state index in [2.05, 4.69) is 20.4 Å². The van der Waals surface area contributed by atoms with E-state index >= 15 is 0 Å². The average Bonchev–Trinajstić information content (AvgIpc) is 3.29. The zero-order valence-corrected chi connectivity index (χ0v) is 33.4. The van der Waals surface area contributed by atoms with E-state index in [1.165, 1.54) is 0 Å². The maximum absolute atomic E-state index is 13.0. The van der Waals surface area contributed by atoms with Crippen LogP contribution in [0.25, 0.3) is 11.4 Å². The van der Waals surface area contributed by atoms with Crippen molar-refractivity contribution in [3.05, 3.63) is 168 Å². The number of ether oxygens (including phenoxy) is 4. The lowest BCUT2D eigenvalue weighted by Crippen LogP contribution is -2.16. The van der Waals surface area contributed by atoms with E-state index in [-0.39, 0.29) is 11.1 Å². The van der Waals surface area contributed by atoms with Gasteiger partial charge in [0, 0.05) is 48.2 Å². The molecule has 0 fully saturated rings. The minimum absolute atomic E-state index is 0.207. The van der Waals surface area contributed by atoms with Gasteiger partial charge in [0.05, 0.1) is 51.0 Å². The van der Waals surface area contributed by atoms with Crippen LogP contribution in [0.5, 0.6) is 23.0 Å². The van der Waals surface area contributed by atoms with Gasteiger partial charge in [-0.25, -0.2) is 0 Å². The quantitative estimate of drug-likeness (QED) is 0.0529. The molecule has 58 heavy (non-hydrogen) atoms. The summed E-state index contributed by atoms with van der Waals surface area (Å²) in [6, 6.07) is 46.8. The van der Waals surface area contributed by atoms with Crippen molar-refractivity contribution in [3.63, 3.8) is 0 Å². The summed E-state index contributed by atoms with van der Waals surface area (Å²) >= 11 is 0. The van der Waals surface area contributed by atoms with Gasteiger partial charge < -0.3 is 39.4 Å². The van der Waals surface area contributed by atoms with Crippen molar-refractivity contribution in [1.82, 2.24) is 10.6 Å². The normalized spacial score (nSPS) is 11.6. The predicted molar refractivity (Wildman–Crippen MR) is 233 cm³/mol. The number of carbonyl (C=O) groups excluding carboxylic acids is 2. The molecule has 0 unspecified atom stereocenters. The molecule has 6 aromatic carbocycles. The SMILES string of the molecule is CN/C(=C(C=O)\C(C=O)=C(/NC)c1ccc(N(c2ccc(OC)cc2)c2ccc(OC)cc2)cc1)c1ccc(N(c2ccc(OC)cc2)c2ccc(OC)cc2)cc1. The fraction of sp³-hybridized carbons (Fsp3) is 0.125. The van der Waals surface area contributed by atoms with Crippen molar-refractivity contribution in [1.29, 1.82) is 0 Å². The molecule has 0 saturated carbocycles. The first-order chi connectivity index (χ1) is 28.4. The molecule has 0 aliphatic heterocycles. The summed E-state index contributed by atoms with van der Waals surface area (Å²) in [5.74, 6) is 3.00. The topological polar surface area (TPSA) is 102 Å². The lowest BCUT2D eigenvalue weighted by Gasteiger charge is -2.26. The van der Waals surface area contributed by atoms with Crippen molar-refractivity contribution in [2.45, 2.75) is 0 Å². The molecule has 0 radical (unpaired) electrons. The van der Waals surface area contributed by atoms with Crippen molar-refractivity contribution in [2.24, 2.45) is 0 Å². The van der Waals surface area contributed by atoms with Gasteiger partial charge in [-0.1, -0.05) is 24.3 Å². The van der Waals surface area contributed by atoms with E-state index in [4.69, 9.17) is 18.9 Å². The highest BCUT2D eigenvalue weighted by Crippen LogP contribution is 2.39. The van der Waals surface area contributed by atoms with Crippen LogP contribution < -0.4 is 39.4 Å². The molecule has 0 saturated heterocycles. The first-order valence-electron chi connectivity index (χ1n) is 18.5. The molecule has 0 aromatic heterocycles. The van der Waals surface area contributed by atoms with Crippen molar-refractivity contribution in [3.8, 4) is 23.0 Å². The van der Waals surface area contributed by atoms with Gasteiger partial charge in [-0.15, -0.1) is 0 Å². The number of nitrogens with zero attached hydrogens (tertiary/aromatic N) is 2. The van der Waals surface area contributed by atoms with Gasteiger partial charge in [0.2, 0.25) is 0 Å². The molecular weight excluding hydrogens is 729 g/mol. The van der Waals surface area contributed by atoms with E-state index in [0.29, 0.717) is 24.0 Å². The van der Waals surface area contributed by atoms with E-state index < -0.39 is 0 Å². The molecule has 10 nitrogen and oxygen atoms in total. The molecule has 2 N–H and O–H groups in total. The zero-order valence-electron chi connectivity index (χ0n) is 33.4. The molecule has 0 bridgehead atoms. The average molecular weight is 775 g/mol. The number of benzene rings is 6. The van der Waals surface area contributed by atoms with Crippen LogP contribution in [0.4, 0.5) is 34.1 Å². The van der Waals surface area contributed by atoms with Crippen LogP contribution in [0.2, 0.25) is 0 Å². The molecule has 294 valence electrons. The summed E-state index contributed by atoms with van der Waals surface area (Å²) in [4.78, 5) is 30.1. The molecule has 6 rings (SSSR count). The molecular formula is C48H46N4O6. The largest absolute Gasteiger partial charge is 0.497 e. The molecule has 6 aromatic rings. The van der Waals surface area contributed by atoms with Gasteiger partial charge in [0.1, 0.15) is 23.0 Å². The lowest BCUT2D eigenvalue weighted by molar-refractivity contribution is -0.107. The van der Waals surface area contributed by atoms with Crippen LogP contribution in [0.3, 0.4) is 0 Å². The first kappa shape index (κ1) is 40.2. The molecule has 0 aliphatic carbocycles. The van der Waals surface area contributed by atoms with Crippen LogP contribution in [-0.2, 0) is 9.59 Å². The van der Waals surface area contributed by atoms with Crippen molar-refractivity contribution in [2.75, 3.05) is 52.3 Å². The second-order valence-corrected chi connectivity index (χ2v) is 12.9. The highest BCUT2D eigenvalue weighted by molar-refractivity contribution is 6.07. The highest BCUT2D eigenvalue weighted by Gasteiger charge is 2.20. The molecule has 0 aliphatic rings. The Labute approximate surface area is 339 Å². The number of nitrogens with one attached hydrogen (secondary N) is 2. The zero-order chi connectivity index (χ0) is 41.0. The van der Waals surface area contributed by atoms with Crippen LogP contribution in [0.1, 0.15) is 11.1 Å². The number of hydrogen-bond acceptors (Lipinski definition) is 10. The predicted octanol–water partition coefficient (Wildman–Crippen LogP) is 9.62. The van der Waals surface area contributed by atoms with Crippen LogP contribution in [-0.4, -0.2) is 55.1 Å². The van der Waals surface area contributed by atoms with E-state index in [1.54, 1.807) is 42.5 Å². The number of methoxy groups -OCH3 is 4. The Balaban J connectivity index is 1.38. The maximum Gasteiger partial charge on any atom is 0.152 e. The third-order valence-electron chi connectivity index (χ3n) is 9.72. The first-order valence-corrected chi connectivity index (χ1v) is 18.5. The van der Waals surface area contributed by atoms with Crippen molar-refractivity contribution < 1.29 is 28.5 Å². The Morgan fingerprint density at radius 2 is 0.586 bits per heavy atom. The van der Waals surface area contributed by atoms with Crippen LogP contribution >= 0.6 is 0 Å². The second-order valence-electron chi connectivity index (χ2n) is 12.9. The summed E-state index contributed by atoms with van der Waals surface area (Å²) in [6.45, 7) is 0. The van der Waals surface area contributed by atoms with Crippen molar-refractivity contribution >= 4 is 58.1 Å². The molecule has 0 spiro atoms. The number of hydrogen-bond donors (Lipinski definition) is 2. The summed E-state index contributed by atoms with van der Waals surface area (Å²) in [7, 11) is 10.0. The maximum atomic E-state index is 13.0. The van der Waals surface area contributed by atoms with Gasteiger partial charge in [-0.3, -0.25) is 9.59 Å². The number of aldehydes is 2. The Morgan fingerprint density at radius 3 is 0.759 bits per heavy atom. The van der Waals surface area contributed by atoms with E-state index in [0.717, 1.165) is 68.2 Å². The fourth-order valence-electron chi connectivity index (χ4n) is 6.76. The smallest absolute Gasteiger partial charge is 0.152 e. The second kappa shape index (κ2) is 18.9. The van der Waals surface area contributed by atoms with Gasteiger partial charge in [0.25, 0.3) is 0 Å². The third kappa shape index (κ3) is 8.66. The summed E-state index contributed by atoms with van der Waals surface area (Å²) in [5, 5.41) is 6.38. The Morgan fingerprint density at radius 1 is 0.379 bits per heavy atom. The standard InChI is InChI=1S/C48H46N4O6/c1-49-47(33-7-11-35(12-8-33)51(37-15-23-41(55-3)24-16-37)38-17-25-42(56-4)26-18-38)45(31-53)46(32-54)48(50-2)34-9-13-36(14-10-34)52(39-19-27-43(57-5)28-20-39)40-21-29-44(58-6)30-22-40/h7-32,49-50H,1-6H3/b47-45-,48-46-. The minimum atomic E-state index is 0.207. The Hall–Kier alpha value is -7.46. The van der Waals surface area contributed by atoms with Gasteiger partial charge in [-0.05, 0) is 132 Å². The Kier molecular flexibility index (Phi) is 13.1. The molecule has 10 heteroatoms. The lowest BCUT2D eigenvalue weighted by atomic mass is 9.96.